The maximum Gasteiger partial charge on any atom is 0.183 e. The summed E-state index contributed by atoms with van der Waals surface area (Å²) in [6.45, 7) is 6.17. The molecule has 1 saturated heterocycles. The fraction of sp³-hybridized carbons (Fsp3) is 0.667. The fourth-order valence-corrected chi connectivity index (χ4v) is 2.70. The van der Waals surface area contributed by atoms with Gasteiger partial charge >= 0.3 is 0 Å². The molecule has 0 aromatic carbocycles. The first-order valence-corrected chi connectivity index (χ1v) is 7.30. The van der Waals surface area contributed by atoms with Crippen LogP contribution in [0.2, 0.25) is 0 Å². The van der Waals surface area contributed by atoms with E-state index >= 15 is 0 Å². The number of nitrogens with one attached hydrogen (secondary N) is 1. The molecule has 112 valence electrons. The molecule has 5 heteroatoms. The van der Waals surface area contributed by atoms with Crippen LogP contribution in [0, 0.1) is 0 Å². The Morgan fingerprint density at radius 1 is 1.40 bits per heavy atom. The molecule has 2 heterocycles. The van der Waals surface area contributed by atoms with Gasteiger partial charge in [-0.25, -0.2) is 0 Å². The van der Waals surface area contributed by atoms with Crippen LogP contribution < -0.4 is 14.8 Å². The highest BCUT2D eigenvalue weighted by Gasteiger charge is 2.19. The SMILES string of the molecule is CCN(Cc1nccc(OC)c1OC)CC1CCCN1. The van der Waals surface area contributed by atoms with E-state index in [9.17, 15) is 0 Å². The zero-order valence-electron chi connectivity index (χ0n) is 12.7. The maximum atomic E-state index is 5.45. The molecule has 20 heavy (non-hydrogen) atoms. The summed E-state index contributed by atoms with van der Waals surface area (Å²) in [4.78, 5) is 6.85. The Hall–Kier alpha value is -1.33. The smallest absolute Gasteiger partial charge is 0.183 e. The van der Waals surface area contributed by atoms with Gasteiger partial charge in [-0.1, -0.05) is 6.92 Å². The van der Waals surface area contributed by atoms with Crippen LogP contribution in [-0.2, 0) is 6.54 Å². The monoisotopic (exact) mass is 279 g/mol. The number of methoxy groups -OCH3 is 2. The highest BCUT2D eigenvalue weighted by Crippen LogP contribution is 2.29. The second-order valence-electron chi connectivity index (χ2n) is 5.11. The minimum atomic E-state index is 0.603. The highest BCUT2D eigenvalue weighted by molar-refractivity contribution is 5.42. The Bertz CT molecular complexity index is 420. The molecule has 0 aliphatic carbocycles. The van der Waals surface area contributed by atoms with Crippen molar-refractivity contribution in [2.75, 3.05) is 33.9 Å². The molecule has 0 amide bonds. The van der Waals surface area contributed by atoms with Crippen molar-refractivity contribution in [3.05, 3.63) is 18.0 Å². The molecule has 1 N–H and O–H groups in total. The Morgan fingerprint density at radius 3 is 2.85 bits per heavy atom. The summed E-state index contributed by atoms with van der Waals surface area (Å²) in [5.41, 5.74) is 0.937. The van der Waals surface area contributed by atoms with E-state index in [1.54, 1.807) is 20.4 Å². The van der Waals surface area contributed by atoms with Crippen LogP contribution in [0.15, 0.2) is 12.3 Å². The first-order valence-electron chi connectivity index (χ1n) is 7.30. The van der Waals surface area contributed by atoms with Crippen molar-refractivity contribution in [3.8, 4) is 11.5 Å². The van der Waals surface area contributed by atoms with E-state index in [0.717, 1.165) is 43.4 Å². The second kappa shape index (κ2) is 7.45. The van der Waals surface area contributed by atoms with Gasteiger partial charge in [-0.05, 0) is 25.9 Å². The Morgan fingerprint density at radius 2 is 2.25 bits per heavy atom. The van der Waals surface area contributed by atoms with Crippen LogP contribution in [0.4, 0.5) is 0 Å². The number of aromatic nitrogens is 1. The third-order valence-corrected chi connectivity index (χ3v) is 3.83. The molecule has 0 radical (unpaired) electrons. The Balaban J connectivity index is 2.06. The fourth-order valence-electron chi connectivity index (χ4n) is 2.70. The topological polar surface area (TPSA) is 46.6 Å². The van der Waals surface area contributed by atoms with E-state index in [4.69, 9.17) is 9.47 Å². The molecule has 1 aromatic rings. The van der Waals surface area contributed by atoms with Gasteiger partial charge in [0, 0.05) is 31.4 Å². The molecular formula is C15H25N3O2. The number of nitrogens with zero attached hydrogens (tertiary/aromatic N) is 2. The zero-order valence-corrected chi connectivity index (χ0v) is 12.7. The minimum absolute atomic E-state index is 0.603. The predicted octanol–water partition coefficient (Wildman–Crippen LogP) is 1.67. The van der Waals surface area contributed by atoms with Crippen LogP contribution >= 0.6 is 0 Å². The number of hydrogen-bond donors (Lipinski definition) is 1. The zero-order chi connectivity index (χ0) is 14.4. The summed E-state index contributed by atoms with van der Waals surface area (Å²) in [5, 5.41) is 3.54. The lowest BCUT2D eigenvalue weighted by Crippen LogP contribution is -2.37. The largest absolute Gasteiger partial charge is 0.493 e. The quantitative estimate of drug-likeness (QED) is 0.822. The van der Waals surface area contributed by atoms with E-state index in [1.165, 1.54) is 12.8 Å². The number of rotatable bonds is 7. The lowest BCUT2D eigenvalue weighted by atomic mass is 10.2. The molecule has 0 bridgehead atoms. The van der Waals surface area contributed by atoms with Crippen molar-refractivity contribution in [3.63, 3.8) is 0 Å². The molecule has 2 rings (SSSR count). The van der Waals surface area contributed by atoms with Gasteiger partial charge in [0.15, 0.2) is 11.5 Å². The normalized spacial score (nSPS) is 18.5. The van der Waals surface area contributed by atoms with Gasteiger partial charge in [0.25, 0.3) is 0 Å². The highest BCUT2D eigenvalue weighted by atomic mass is 16.5. The number of hydrogen-bond acceptors (Lipinski definition) is 5. The van der Waals surface area contributed by atoms with E-state index < -0.39 is 0 Å². The lowest BCUT2D eigenvalue weighted by Gasteiger charge is -2.24. The van der Waals surface area contributed by atoms with Crippen molar-refractivity contribution in [2.24, 2.45) is 0 Å². The number of pyridine rings is 1. The summed E-state index contributed by atoms with van der Waals surface area (Å²) in [7, 11) is 3.32. The van der Waals surface area contributed by atoms with E-state index in [2.05, 4.69) is 22.1 Å². The Kier molecular flexibility index (Phi) is 5.61. The molecule has 5 nitrogen and oxygen atoms in total. The molecule has 1 fully saturated rings. The van der Waals surface area contributed by atoms with Crippen molar-refractivity contribution in [2.45, 2.75) is 32.4 Å². The van der Waals surface area contributed by atoms with Crippen LogP contribution in [0.1, 0.15) is 25.5 Å². The first-order chi connectivity index (χ1) is 9.78. The molecule has 1 aliphatic heterocycles. The molecule has 1 unspecified atom stereocenters. The lowest BCUT2D eigenvalue weighted by molar-refractivity contribution is 0.244. The van der Waals surface area contributed by atoms with Crippen LogP contribution in [0.25, 0.3) is 0 Å². The standard InChI is InChI=1S/C15H25N3O2/c1-4-18(10-12-6-5-8-16-12)11-13-15(20-3)14(19-2)7-9-17-13/h7,9,12,16H,4-6,8,10-11H2,1-3H3. The summed E-state index contributed by atoms with van der Waals surface area (Å²) >= 11 is 0. The molecule has 1 aromatic heterocycles. The van der Waals surface area contributed by atoms with Crippen molar-refractivity contribution >= 4 is 0 Å². The average Bonchev–Trinajstić information content (AvgIpc) is 2.99. The van der Waals surface area contributed by atoms with E-state index in [1.807, 2.05) is 6.07 Å². The summed E-state index contributed by atoms with van der Waals surface area (Å²) in [6, 6.07) is 2.43. The molecule has 1 aliphatic rings. The molecule has 1 atom stereocenters. The van der Waals surface area contributed by atoms with E-state index in [-0.39, 0.29) is 0 Å². The number of likely N-dealkylation sites (N-methyl/N-ethyl adjacent to an activating group) is 1. The molecule has 0 spiro atoms. The molecular weight excluding hydrogens is 254 g/mol. The van der Waals surface area contributed by atoms with Gasteiger partial charge in [0.05, 0.1) is 14.2 Å². The van der Waals surface area contributed by atoms with Gasteiger partial charge < -0.3 is 14.8 Å². The van der Waals surface area contributed by atoms with Crippen molar-refractivity contribution < 1.29 is 9.47 Å². The van der Waals surface area contributed by atoms with Crippen LogP contribution in [-0.4, -0.2) is 49.8 Å². The molecule has 0 saturated carbocycles. The van der Waals surface area contributed by atoms with Crippen molar-refractivity contribution in [1.29, 1.82) is 0 Å². The Labute approximate surface area is 121 Å². The van der Waals surface area contributed by atoms with Crippen LogP contribution in [0.5, 0.6) is 11.5 Å². The van der Waals surface area contributed by atoms with Gasteiger partial charge in [-0.3, -0.25) is 9.88 Å². The third kappa shape index (κ3) is 3.61. The van der Waals surface area contributed by atoms with E-state index in [0.29, 0.717) is 6.04 Å². The van der Waals surface area contributed by atoms with Crippen LogP contribution in [0.3, 0.4) is 0 Å². The van der Waals surface area contributed by atoms with Gasteiger partial charge in [-0.15, -0.1) is 0 Å². The first kappa shape index (κ1) is 15.1. The summed E-state index contributed by atoms with van der Waals surface area (Å²) in [6.07, 6.45) is 4.32. The maximum absolute atomic E-state index is 5.45. The van der Waals surface area contributed by atoms with Gasteiger partial charge in [0.2, 0.25) is 0 Å². The minimum Gasteiger partial charge on any atom is -0.493 e. The summed E-state index contributed by atoms with van der Waals surface area (Å²) in [5.74, 6) is 1.49. The predicted molar refractivity (Wildman–Crippen MR) is 79.3 cm³/mol. The number of ether oxygens (including phenoxy) is 2. The third-order valence-electron chi connectivity index (χ3n) is 3.83. The van der Waals surface area contributed by atoms with Crippen molar-refractivity contribution in [1.82, 2.24) is 15.2 Å². The second-order valence-corrected chi connectivity index (χ2v) is 5.11. The summed E-state index contributed by atoms with van der Waals surface area (Å²) < 4.78 is 10.8. The van der Waals surface area contributed by atoms with Gasteiger partial charge in [-0.2, -0.15) is 0 Å². The van der Waals surface area contributed by atoms with Gasteiger partial charge in [0.1, 0.15) is 5.69 Å². The average molecular weight is 279 g/mol.